The summed E-state index contributed by atoms with van der Waals surface area (Å²) in [5.41, 5.74) is 3.96. The summed E-state index contributed by atoms with van der Waals surface area (Å²) in [7, 11) is 0. The van der Waals surface area contributed by atoms with Crippen molar-refractivity contribution in [2.75, 3.05) is 0 Å². The molecule has 3 aromatic rings. The number of nitrogens with one attached hydrogen (secondary N) is 1. The van der Waals surface area contributed by atoms with Gasteiger partial charge in [-0.1, -0.05) is 36.4 Å². The molecule has 0 aliphatic carbocycles. The number of hydrogen-bond acceptors (Lipinski definition) is 3. The van der Waals surface area contributed by atoms with Crippen LogP contribution in [-0.2, 0) is 6.61 Å². The number of halogens is 1. The summed E-state index contributed by atoms with van der Waals surface area (Å²) < 4.78 is 19.1. The van der Waals surface area contributed by atoms with Gasteiger partial charge in [-0.2, -0.15) is 4.39 Å². The first-order chi connectivity index (χ1) is 12.6. The lowest BCUT2D eigenvalue weighted by Crippen LogP contribution is -2.26. The highest BCUT2D eigenvalue weighted by molar-refractivity contribution is 5.95. The van der Waals surface area contributed by atoms with E-state index >= 15 is 0 Å². The smallest absolute Gasteiger partial charge is 0.251 e. The van der Waals surface area contributed by atoms with E-state index in [0.29, 0.717) is 23.5 Å². The van der Waals surface area contributed by atoms with E-state index in [9.17, 15) is 9.18 Å². The molecule has 26 heavy (non-hydrogen) atoms. The van der Waals surface area contributed by atoms with Crippen LogP contribution in [0.2, 0.25) is 0 Å². The quantitative estimate of drug-likeness (QED) is 0.719. The van der Waals surface area contributed by atoms with Crippen LogP contribution in [0.4, 0.5) is 4.39 Å². The Bertz CT molecular complexity index is 973. The standard InChI is InChI=1S/C21H17FN2O2/c1-13(14-5-3-2-4-6-14)24-21(25)15-7-8-17-16(9-15)12-26-19-11-23-20(22)10-18(17)19/h2-11,13H,12H2,1H3,(H,24,25). The van der Waals surface area contributed by atoms with Gasteiger partial charge in [0, 0.05) is 17.2 Å². The zero-order valence-corrected chi connectivity index (χ0v) is 14.2. The number of benzene rings is 2. The maximum atomic E-state index is 13.5. The number of rotatable bonds is 3. The molecule has 1 aliphatic heterocycles. The van der Waals surface area contributed by atoms with Crippen LogP contribution in [0, 0.1) is 5.95 Å². The van der Waals surface area contributed by atoms with Gasteiger partial charge in [-0.25, -0.2) is 4.98 Å². The minimum Gasteiger partial charge on any atom is -0.487 e. The highest BCUT2D eigenvalue weighted by Gasteiger charge is 2.20. The van der Waals surface area contributed by atoms with Crippen LogP contribution >= 0.6 is 0 Å². The first kappa shape index (κ1) is 16.3. The molecule has 0 radical (unpaired) electrons. The van der Waals surface area contributed by atoms with E-state index in [0.717, 1.165) is 16.7 Å². The molecule has 0 spiro atoms. The van der Waals surface area contributed by atoms with Gasteiger partial charge in [0.1, 0.15) is 12.4 Å². The number of hydrogen-bond donors (Lipinski definition) is 1. The Morgan fingerprint density at radius 2 is 1.96 bits per heavy atom. The van der Waals surface area contributed by atoms with E-state index in [2.05, 4.69) is 10.3 Å². The number of fused-ring (bicyclic) bond motifs is 3. The average molecular weight is 348 g/mol. The lowest BCUT2D eigenvalue weighted by Gasteiger charge is -2.21. The van der Waals surface area contributed by atoms with Crippen LogP contribution in [0.25, 0.3) is 11.1 Å². The topological polar surface area (TPSA) is 51.2 Å². The third kappa shape index (κ3) is 3.04. The number of carbonyl (C=O) groups is 1. The number of pyridine rings is 1. The van der Waals surface area contributed by atoms with Gasteiger partial charge < -0.3 is 10.1 Å². The molecule has 1 N–H and O–H groups in total. The molecule has 0 fully saturated rings. The third-order valence-electron chi connectivity index (χ3n) is 4.52. The normalized spacial score (nSPS) is 13.2. The average Bonchev–Trinajstić information content (AvgIpc) is 2.68. The first-order valence-corrected chi connectivity index (χ1v) is 8.39. The number of amides is 1. The van der Waals surface area contributed by atoms with Crippen molar-refractivity contribution in [3.8, 4) is 16.9 Å². The Labute approximate surface area is 150 Å². The maximum Gasteiger partial charge on any atom is 0.251 e. The Kier molecular flexibility index (Phi) is 4.13. The second-order valence-electron chi connectivity index (χ2n) is 6.27. The van der Waals surface area contributed by atoms with E-state index in [-0.39, 0.29) is 11.9 Å². The molecule has 4 nitrogen and oxygen atoms in total. The Morgan fingerprint density at radius 3 is 2.77 bits per heavy atom. The highest BCUT2D eigenvalue weighted by atomic mass is 19.1. The Morgan fingerprint density at radius 1 is 1.15 bits per heavy atom. The van der Waals surface area contributed by atoms with Crippen molar-refractivity contribution in [1.29, 1.82) is 0 Å². The Balaban J connectivity index is 1.59. The molecular formula is C21H17FN2O2. The van der Waals surface area contributed by atoms with Crippen molar-refractivity contribution < 1.29 is 13.9 Å². The summed E-state index contributed by atoms with van der Waals surface area (Å²) in [6.45, 7) is 2.27. The van der Waals surface area contributed by atoms with Gasteiger partial charge in [0.25, 0.3) is 5.91 Å². The molecule has 0 saturated heterocycles. The predicted octanol–water partition coefficient (Wildman–Crippen LogP) is 4.27. The van der Waals surface area contributed by atoms with E-state index in [1.807, 2.05) is 43.3 Å². The lowest BCUT2D eigenvalue weighted by molar-refractivity contribution is 0.0939. The molecule has 0 bridgehead atoms. The van der Waals surface area contributed by atoms with E-state index < -0.39 is 5.95 Å². The fraction of sp³-hybridized carbons (Fsp3) is 0.143. The van der Waals surface area contributed by atoms with Crippen molar-refractivity contribution in [2.24, 2.45) is 0 Å². The molecule has 2 aromatic carbocycles. The molecule has 130 valence electrons. The lowest BCUT2D eigenvalue weighted by atomic mass is 9.96. The minimum absolute atomic E-state index is 0.100. The highest BCUT2D eigenvalue weighted by Crippen LogP contribution is 2.37. The molecule has 4 rings (SSSR count). The number of ether oxygens (including phenoxy) is 1. The molecule has 2 heterocycles. The summed E-state index contributed by atoms with van der Waals surface area (Å²) in [6.07, 6.45) is 1.38. The number of aromatic nitrogens is 1. The molecule has 1 atom stereocenters. The molecule has 1 aromatic heterocycles. The zero-order valence-electron chi connectivity index (χ0n) is 14.2. The summed E-state index contributed by atoms with van der Waals surface area (Å²) in [4.78, 5) is 16.2. The summed E-state index contributed by atoms with van der Waals surface area (Å²) in [5, 5.41) is 3.00. The van der Waals surface area contributed by atoms with Crippen LogP contribution in [0.3, 0.4) is 0 Å². The van der Waals surface area contributed by atoms with Gasteiger partial charge in [-0.05, 0) is 35.7 Å². The van der Waals surface area contributed by atoms with Crippen LogP contribution in [0.15, 0.2) is 60.8 Å². The van der Waals surface area contributed by atoms with Gasteiger partial charge in [-0.15, -0.1) is 0 Å². The van der Waals surface area contributed by atoms with Crippen LogP contribution in [0.1, 0.15) is 34.5 Å². The minimum atomic E-state index is -0.557. The number of nitrogens with zero attached hydrogens (tertiary/aromatic N) is 1. The molecule has 1 amide bonds. The molecule has 5 heteroatoms. The van der Waals surface area contributed by atoms with Crippen LogP contribution in [0.5, 0.6) is 5.75 Å². The van der Waals surface area contributed by atoms with Gasteiger partial charge in [-0.3, -0.25) is 4.79 Å². The zero-order chi connectivity index (χ0) is 18.1. The molecule has 0 saturated carbocycles. The van der Waals surface area contributed by atoms with Crippen molar-refractivity contribution in [3.63, 3.8) is 0 Å². The predicted molar refractivity (Wildman–Crippen MR) is 96.3 cm³/mol. The van der Waals surface area contributed by atoms with Crippen molar-refractivity contribution in [1.82, 2.24) is 10.3 Å². The van der Waals surface area contributed by atoms with Gasteiger partial charge in [0.15, 0.2) is 0 Å². The fourth-order valence-corrected chi connectivity index (χ4v) is 3.12. The third-order valence-corrected chi connectivity index (χ3v) is 4.52. The first-order valence-electron chi connectivity index (χ1n) is 8.39. The van der Waals surface area contributed by atoms with Crippen LogP contribution in [-0.4, -0.2) is 10.9 Å². The SMILES string of the molecule is CC(NC(=O)c1ccc2c(c1)COc1cnc(F)cc1-2)c1ccccc1. The second kappa shape index (κ2) is 6.59. The summed E-state index contributed by atoms with van der Waals surface area (Å²) >= 11 is 0. The van der Waals surface area contributed by atoms with Gasteiger partial charge >= 0.3 is 0 Å². The molecular weight excluding hydrogens is 331 g/mol. The summed E-state index contributed by atoms with van der Waals surface area (Å²) in [6, 6.07) is 16.4. The van der Waals surface area contributed by atoms with Crippen molar-refractivity contribution >= 4 is 5.91 Å². The molecule has 1 unspecified atom stereocenters. The van der Waals surface area contributed by atoms with Gasteiger partial charge in [0.2, 0.25) is 5.95 Å². The number of carbonyl (C=O) groups excluding carboxylic acids is 1. The Hall–Kier alpha value is -3.21. The van der Waals surface area contributed by atoms with Gasteiger partial charge in [0.05, 0.1) is 12.2 Å². The monoisotopic (exact) mass is 348 g/mol. The fourth-order valence-electron chi connectivity index (χ4n) is 3.12. The van der Waals surface area contributed by atoms with E-state index in [1.54, 1.807) is 12.1 Å². The van der Waals surface area contributed by atoms with Crippen molar-refractivity contribution in [3.05, 3.63) is 83.4 Å². The molecule has 1 aliphatic rings. The maximum absolute atomic E-state index is 13.5. The van der Waals surface area contributed by atoms with Crippen molar-refractivity contribution in [2.45, 2.75) is 19.6 Å². The largest absolute Gasteiger partial charge is 0.487 e. The van der Waals surface area contributed by atoms with Crippen LogP contribution < -0.4 is 10.1 Å². The summed E-state index contributed by atoms with van der Waals surface area (Å²) in [5.74, 6) is -0.164. The second-order valence-corrected chi connectivity index (χ2v) is 6.27. The van der Waals surface area contributed by atoms with E-state index in [1.165, 1.54) is 12.3 Å². The van der Waals surface area contributed by atoms with E-state index in [4.69, 9.17) is 4.74 Å².